The molecular formula is C10H16O3. The van der Waals surface area contributed by atoms with Gasteiger partial charge in [-0.2, -0.15) is 0 Å². The van der Waals surface area contributed by atoms with Gasteiger partial charge in [-0.3, -0.25) is 4.79 Å². The predicted octanol–water partition coefficient (Wildman–Crippen LogP) is 1.52. The number of hydrogen-bond acceptors (Lipinski definition) is 2. The molecule has 1 N–H and O–H groups in total. The lowest BCUT2D eigenvalue weighted by Gasteiger charge is -2.42. The van der Waals surface area contributed by atoms with Crippen molar-refractivity contribution >= 4 is 5.97 Å². The van der Waals surface area contributed by atoms with Crippen molar-refractivity contribution in [3.8, 4) is 0 Å². The molecule has 0 radical (unpaired) electrons. The van der Waals surface area contributed by atoms with Crippen molar-refractivity contribution in [3.63, 3.8) is 0 Å². The molecule has 0 aromatic carbocycles. The molecule has 0 amide bonds. The predicted molar refractivity (Wildman–Crippen MR) is 47.4 cm³/mol. The molecule has 1 saturated heterocycles. The fourth-order valence-electron chi connectivity index (χ4n) is 2.55. The first-order chi connectivity index (χ1) is 6.19. The summed E-state index contributed by atoms with van der Waals surface area (Å²) in [6.45, 7) is 3.72. The van der Waals surface area contributed by atoms with Crippen LogP contribution >= 0.6 is 0 Å². The third-order valence-electron chi connectivity index (χ3n) is 3.42. The number of aliphatic carboxylic acids is 1. The minimum atomic E-state index is -0.618. The third kappa shape index (κ3) is 1.35. The van der Waals surface area contributed by atoms with Gasteiger partial charge in [0.25, 0.3) is 0 Å². The van der Waals surface area contributed by atoms with Crippen LogP contribution < -0.4 is 0 Å². The van der Waals surface area contributed by atoms with Gasteiger partial charge in [0.15, 0.2) is 0 Å². The van der Waals surface area contributed by atoms with Crippen molar-refractivity contribution in [2.24, 2.45) is 17.3 Å². The van der Waals surface area contributed by atoms with Crippen LogP contribution in [0.1, 0.15) is 26.2 Å². The second-order valence-corrected chi connectivity index (χ2v) is 4.39. The Morgan fingerprint density at radius 1 is 1.62 bits per heavy atom. The lowest BCUT2D eigenvalue weighted by molar-refractivity contribution is -0.148. The molecule has 0 bridgehead atoms. The van der Waals surface area contributed by atoms with Crippen LogP contribution in [0, 0.1) is 17.3 Å². The van der Waals surface area contributed by atoms with E-state index >= 15 is 0 Å². The highest BCUT2D eigenvalue weighted by atomic mass is 16.5. The van der Waals surface area contributed by atoms with Crippen LogP contribution in [0.2, 0.25) is 0 Å². The Kier molecular flexibility index (Phi) is 2.06. The Labute approximate surface area is 78.1 Å². The van der Waals surface area contributed by atoms with E-state index in [0.717, 1.165) is 32.5 Å². The van der Waals surface area contributed by atoms with Crippen LogP contribution in [-0.4, -0.2) is 24.3 Å². The highest BCUT2D eigenvalue weighted by molar-refractivity contribution is 5.73. The largest absolute Gasteiger partial charge is 0.481 e. The lowest BCUT2D eigenvalue weighted by atomic mass is 9.76. The first-order valence-corrected chi connectivity index (χ1v) is 5.00. The van der Waals surface area contributed by atoms with Crippen molar-refractivity contribution in [3.05, 3.63) is 0 Å². The molecule has 2 fully saturated rings. The van der Waals surface area contributed by atoms with E-state index in [1.807, 2.05) is 0 Å². The maximum Gasteiger partial charge on any atom is 0.306 e. The summed E-state index contributed by atoms with van der Waals surface area (Å²) in [4.78, 5) is 10.7. The second-order valence-electron chi connectivity index (χ2n) is 4.39. The normalized spacial score (nSPS) is 35.2. The fourth-order valence-corrected chi connectivity index (χ4v) is 2.55. The van der Waals surface area contributed by atoms with Crippen LogP contribution in [0.25, 0.3) is 0 Å². The molecule has 1 aliphatic carbocycles. The van der Waals surface area contributed by atoms with E-state index in [2.05, 4.69) is 6.92 Å². The zero-order valence-corrected chi connectivity index (χ0v) is 7.95. The molecule has 2 rings (SSSR count). The van der Waals surface area contributed by atoms with Crippen LogP contribution in [-0.2, 0) is 9.53 Å². The molecule has 0 spiro atoms. The number of carboxylic acid groups (broad SMARTS) is 1. The van der Waals surface area contributed by atoms with Gasteiger partial charge in [-0.25, -0.2) is 0 Å². The Balaban J connectivity index is 1.95. The summed E-state index contributed by atoms with van der Waals surface area (Å²) in [5.41, 5.74) is 0.234. The van der Waals surface area contributed by atoms with E-state index in [1.54, 1.807) is 0 Å². The molecule has 2 unspecified atom stereocenters. The van der Waals surface area contributed by atoms with Gasteiger partial charge in [-0.1, -0.05) is 13.3 Å². The van der Waals surface area contributed by atoms with Gasteiger partial charge in [0.05, 0.1) is 19.1 Å². The van der Waals surface area contributed by atoms with Crippen molar-refractivity contribution in [1.29, 1.82) is 0 Å². The number of hydrogen-bond donors (Lipinski definition) is 1. The molecule has 3 nitrogen and oxygen atoms in total. The minimum absolute atomic E-state index is 0.0737. The van der Waals surface area contributed by atoms with Crippen LogP contribution in [0.5, 0.6) is 0 Å². The Hall–Kier alpha value is -0.570. The molecule has 2 aliphatic rings. The quantitative estimate of drug-likeness (QED) is 0.720. The summed E-state index contributed by atoms with van der Waals surface area (Å²) in [6, 6.07) is 0. The van der Waals surface area contributed by atoms with Crippen LogP contribution in [0.15, 0.2) is 0 Å². The van der Waals surface area contributed by atoms with Crippen LogP contribution in [0.3, 0.4) is 0 Å². The van der Waals surface area contributed by atoms with E-state index in [4.69, 9.17) is 9.84 Å². The summed E-state index contributed by atoms with van der Waals surface area (Å²) in [5.74, 6) is -0.290. The van der Waals surface area contributed by atoms with Gasteiger partial charge in [-0.15, -0.1) is 0 Å². The molecule has 1 heterocycles. The smallest absolute Gasteiger partial charge is 0.306 e. The fraction of sp³-hybridized carbons (Fsp3) is 0.900. The molecule has 74 valence electrons. The molecule has 1 aliphatic heterocycles. The van der Waals surface area contributed by atoms with Crippen molar-refractivity contribution in [2.75, 3.05) is 13.2 Å². The van der Waals surface area contributed by atoms with Gasteiger partial charge >= 0.3 is 5.97 Å². The average molecular weight is 184 g/mol. The first-order valence-electron chi connectivity index (χ1n) is 5.00. The SMILES string of the molecule is CCCC1(C2CC2C(=O)O)COC1. The van der Waals surface area contributed by atoms with E-state index < -0.39 is 5.97 Å². The molecule has 3 heteroatoms. The number of rotatable bonds is 4. The van der Waals surface area contributed by atoms with Gasteiger partial charge in [0.1, 0.15) is 0 Å². The Morgan fingerprint density at radius 2 is 2.31 bits per heavy atom. The minimum Gasteiger partial charge on any atom is -0.481 e. The maximum absolute atomic E-state index is 10.7. The molecular weight excluding hydrogens is 168 g/mol. The Morgan fingerprint density at radius 3 is 2.62 bits per heavy atom. The highest BCUT2D eigenvalue weighted by Crippen LogP contribution is 2.56. The summed E-state index contributed by atoms with van der Waals surface area (Å²) in [5, 5.41) is 8.83. The molecule has 0 aromatic rings. The highest BCUT2D eigenvalue weighted by Gasteiger charge is 2.58. The van der Waals surface area contributed by atoms with Gasteiger partial charge in [0, 0.05) is 5.41 Å². The number of ether oxygens (including phenoxy) is 1. The Bertz CT molecular complexity index is 220. The molecule has 1 saturated carbocycles. The molecule has 13 heavy (non-hydrogen) atoms. The van der Waals surface area contributed by atoms with E-state index in [0.29, 0.717) is 5.92 Å². The van der Waals surface area contributed by atoms with Crippen LogP contribution in [0.4, 0.5) is 0 Å². The standard InChI is InChI=1S/C10H16O3/c1-2-3-10(5-13-6-10)8-4-7(8)9(11)12/h7-8H,2-6H2,1H3,(H,11,12). The maximum atomic E-state index is 10.7. The van der Waals surface area contributed by atoms with Gasteiger partial charge in [-0.05, 0) is 18.8 Å². The third-order valence-corrected chi connectivity index (χ3v) is 3.42. The van der Waals surface area contributed by atoms with Crippen molar-refractivity contribution < 1.29 is 14.6 Å². The zero-order valence-electron chi connectivity index (χ0n) is 7.95. The summed E-state index contributed by atoms with van der Waals surface area (Å²) >= 11 is 0. The second kappa shape index (κ2) is 2.98. The van der Waals surface area contributed by atoms with E-state index in [1.165, 1.54) is 0 Å². The topological polar surface area (TPSA) is 46.5 Å². The number of carbonyl (C=O) groups is 1. The molecule has 0 aromatic heterocycles. The lowest BCUT2D eigenvalue weighted by Crippen LogP contribution is -2.45. The zero-order chi connectivity index (χ0) is 9.47. The van der Waals surface area contributed by atoms with Gasteiger partial charge in [0.2, 0.25) is 0 Å². The first kappa shape index (κ1) is 9.00. The monoisotopic (exact) mass is 184 g/mol. The van der Waals surface area contributed by atoms with E-state index in [9.17, 15) is 4.79 Å². The summed E-state index contributed by atoms with van der Waals surface area (Å²) < 4.78 is 5.23. The number of carboxylic acids is 1. The summed E-state index contributed by atoms with van der Waals surface area (Å²) in [6.07, 6.45) is 3.13. The average Bonchev–Trinajstić information content (AvgIpc) is 2.75. The van der Waals surface area contributed by atoms with Crippen molar-refractivity contribution in [2.45, 2.75) is 26.2 Å². The van der Waals surface area contributed by atoms with Gasteiger partial charge < -0.3 is 9.84 Å². The van der Waals surface area contributed by atoms with E-state index in [-0.39, 0.29) is 11.3 Å². The molecule has 2 atom stereocenters. The van der Waals surface area contributed by atoms with Crippen molar-refractivity contribution in [1.82, 2.24) is 0 Å². The summed E-state index contributed by atoms with van der Waals surface area (Å²) in [7, 11) is 0.